The summed E-state index contributed by atoms with van der Waals surface area (Å²) >= 11 is 0. The minimum Gasteiger partial charge on any atom is -0.396 e. The maximum absolute atomic E-state index is 13.0. The Labute approximate surface area is 166 Å². The molecule has 28 heavy (non-hydrogen) atoms. The lowest BCUT2D eigenvalue weighted by molar-refractivity contribution is -0.252. The van der Waals surface area contributed by atoms with Gasteiger partial charge in [0.2, 0.25) is 0 Å². The van der Waals surface area contributed by atoms with Crippen molar-refractivity contribution in [2.45, 2.75) is 46.5 Å². The third kappa shape index (κ3) is 5.10. The summed E-state index contributed by atoms with van der Waals surface area (Å²) < 4.78 is 0. The van der Waals surface area contributed by atoms with E-state index in [4.69, 9.17) is 9.78 Å². The molecule has 0 saturated carbocycles. The molecule has 1 rings (SSSR count). The Bertz CT molecular complexity index is 604. The molecule has 0 fully saturated rings. The van der Waals surface area contributed by atoms with E-state index in [0.717, 1.165) is 6.42 Å². The van der Waals surface area contributed by atoms with Gasteiger partial charge in [0, 0.05) is 5.41 Å². The van der Waals surface area contributed by atoms with Crippen molar-refractivity contribution in [1.82, 2.24) is 0 Å². The Kier molecular flexibility index (Phi) is 9.58. The highest BCUT2D eigenvalue weighted by Gasteiger charge is 2.52. The summed E-state index contributed by atoms with van der Waals surface area (Å²) in [6.07, 6.45) is 2.25. The molecule has 0 saturated heterocycles. The van der Waals surface area contributed by atoms with Crippen LogP contribution < -0.4 is 0 Å². The Morgan fingerprint density at radius 3 is 2.04 bits per heavy atom. The second kappa shape index (κ2) is 11.1. The van der Waals surface area contributed by atoms with Crippen molar-refractivity contribution in [1.29, 1.82) is 0 Å². The lowest BCUT2D eigenvalue weighted by Crippen LogP contribution is -2.52. The number of hydrogen-bond acceptors (Lipinski definition) is 7. The van der Waals surface area contributed by atoms with Gasteiger partial charge in [0.05, 0.1) is 30.8 Å². The van der Waals surface area contributed by atoms with Crippen LogP contribution in [-0.2, 0) is 14.6 Å². The van der Waals surface area contributed by atoms with E-state index in [2.05, 4.69) is 0 Å². The number of benzene rings is 1. The first-order valence-electron chi connectivity index (χ1n) is 9.68. The Balaban J connectivity index is 3.10. The smallest absolute Gasteiger partial charge is 0.386 e. The fourth-order valence-electron chi connectivity index (χ4n) is 3.54. The van der Waals surface area contributed by atoms with Crippen molar-refractivity contribution in [2.75, 3.05) is 19.8 Å². The molecule has 0 bridgehead atoms. The summed E-state index contributed by atoms with van der Waals surface area (Å²) in [5.74, 6) is -2.17. The predicted molar refractivity (Wildman–Crippen MR) is 103 cm³/mol. The zero-order chi connectivity index (χ0) is 21.2. The third-order valence-corrected chi connectivity index (χ3v) is 5.91. The maximum atomic E-state index is 13.0. The van der Waals surface area contributed by atoms with E-state index in [1.54, 1.807) is 32.0 Å². The Morgan fingerprint density at radius 2 is 1.57 bits per heavy atom. The first kappa shape index (κ1) is 24.1. The lowest BCUT2D eigenvalue weighted by atomic mass is 9.60. The van der Waals surface area contributed by atoms with E-state index in [0.29, 0.717) is 19.3 Å². The van der Waals surface area contributed by atoms with E-state index < -0.39 is 48.5 Å². The van der Waals surface area contributed by atoms with Crippen LogP contribution in [0, 0.1) is 16.7 Å². The van der Waals surface area contributed by atoms with Crippen LogP contribution in [0.1, 0.15) is 56.8 Å². The monoisotopic (exact) mass is 396 g/mol. The second-order valence-electron chi connectivity index (χ2n) is 7.28. The van der Waals surface area contributed by atoms with Crippen LogP contribution >= 0.6 is 0 Å². The minimum absolute atomic E-state index is 0.245. The van der Waals surface area contributed by atoms with Gasteiger partial charge >= 0.3 is 11.9 Å². The molecule has 7 heteroatoms. The fraction of sp³-hybridized carbons (Fsp3) is 0.619. The van der Waals surface area contributed by atoms with Gasteiger partial charge in [-0.3, -0.25) is 0 Å². The molecule has 0 aliphatic rings. The lowest BCUT2D eigenvalue weighted by Gasteiger charge is -2.45. The average Bonchev–Trinajstić information content (AvgIpc) is 2.75. The van der Waals surface area contributed by atoms with Crippen molar-refractivity contribution in [3.05, 3.63) is 35.9 Å². The summed E-state index contributed by atoms with van der Waals surface area (Å²) in [6.45, 7) is 3.99. The number of rotatable bonds is 11. The highest BCUT2D eigenvalue weighted by molar-refractivity contribution is 5.89. The minimum atomic E-state index is -1.27. The van der Waals surface area contributed by atoms with Crippen LogP contribution in [-0.4, -0.2) is 47.1 Å². The molecule has 7 nitrogen and oxygen atoms in total. The standard InChI is InChI=1S/C21H32O7/c1-4-6-12-21(5-2,16(3)20(13-22,14-23)15-24)19(26)28-27-18(25)17-10-8-7-9-11-17/h7-11,16,22-24H,4-6,12-15H2,1-3H3. The van der Waals surface area contributed by atoms with Gasteiger partial charge < -0.3 is 15.3 Å². The van der Waals surface area contributed by atoms with Gasteiger partial charge in [-0.15, -0.1) is 0 Å². The van der Waals surface area contributed by atoms with Crippen molar-refractivity contribution in [3.63, 3.8) is 0 Å². The van der Waals surface area contributed by atoms with Crippen LogP contribution in [0.2, 0.25) is 0 Å². The molecule has 1 aromatic rings. The number of aliphatic hydroxyl groups excluding tert-OH is 3. The molecule has 0 aliphatic heterocycles. The normalized spacial score (nSPS) is 14.8. The van der Waals surface area contributed by atoms with Crippen molar-refractivity contribution < 1.29 is 34.7 Å². The molecular weight excluding hydrogens is 364 g/mol. The summed E-state index contributed by atoms with van der Waals surface area (Å²) in [6, 6.07) is 8.15. The number of aliphatic hydroxyl groups is 3. The molecule has 0 heterocycles. The topological polar surface area (TPSA) is 113 Å². The highest BCUT2D eigenvalue weighted by Crippen LogP contribution is 2.47. The summed E-state index contributed by atoms with van der Waals surface area (Å²) in [5, 5.41) is 29.5. The number of hydrogen-bond donors (Lipinski definition) is 3. The van der Waals surface area contributed by atoms with E-state index in [9.17, 15) is 24.9 Å². The molecular formula is C21H32O7. The highest BCUT2D eigenvalue weighted by atomic mass is 17.2. The van der Waals surface area contributed by atoms with Gasteiger partial charge in [-0.25, -0.2) is 19.4 Å². The van der Waals surface area contributed by atoms with E-state index in [-0.39, 0.29) is 5.56 Å². The molecule has 2 atom stereocenters. The molecule has 158 valence electrons. The van der Waals surface area contributed by atoms with Gasteiger partial charge in [-0.1, -0.05) is 51.8 Å². The fourth-order valence-corrected chi connectivity index (χ4v) is 3.54. The van der Waals surface area contributed by atoms with Crippen molar-refractivity contribution in [2.24, 2.45) is 16.7 Å². The zero-order valence-electron chi connectivity index (χ0n) is 16.9. The second-order valence-corrected chi connectivity index (χ2v) is 7.28. The molecule has 2 unspecified atom stereocenters. The summed E-state index contributed by atoms with van der Waals surface area (Å²) in [5.41, 5.74) is -2.16. The van der Waals surface area contributed by atoms with E-state index in [1.165, 1.54) is 12.1 Å². The average molecular weight is 396 g/mol. The molecule has 1 aromatic carbocycles. The Hall–Kier alpha value is -1.96. The van der Waals surface area contributed by atoms with Gasteiger partial charge in [0.1, 0.15) is 0 Å². The van der Waals surface area contributed by atoms with Crippen molar-refractivity contribution >= 4 is 11.9 Å². The first-order valence-corrected chi connectivity index (χ1v) is 9.68. The van der Waals surface area contributed by atoms with Gasteiger partial charge in [-0.05, 0) is 30.9 Å². The molecule has 0 radical (unpaired) electrons. The molecule has 3 N–H and O–H groups in total. The predicted octanol–water partition coefficient (Wildman–Crippen LogP) is 2.49. The SMILES string of the molecule is CCCCC(CC)(C(=O)OOC(=O)c1ccccc1)C(C)C(CO)(CO)CO. The molecule has 0 spiro atoms. The van der Waals surface area contributed by atoms with Crippen LogP contribution in [0.5, 0.6) is 0 Å². The quantitative estimate of drug-likeness (QED) is 0.389. The number of carbonyl (C=O) groups is 2. The maximum Gasteiger partial charge on any atom is 0.386 e. The van der Waals surface area contributed by atoms with Gasteiger partial charge in [-0.2, -0.15) is 0 Å². The van der Waals surface area contributed by atoms with E-state index >= 15 is 0 Å². The first-order chi connectivity index (χ1) is 13.4. The zero-order valence-corrected chi connectivity index (χ0v) is 16.9. The van der Waals surface area contributed by atoms with Crippen LogP contribution in [0.3, 0.4) is 0 Å². The van der Waals surface area contributed by atoms with Gasteiger partial charge in [0.25, 0.3) is 0 Å². The van der Waals surface area contributed by atoms with Crippen molar-refractivity contribution in [3.8, 4) is 0 Å². The van der Waals surface area contributed by atoms with Crippen LogP contribution in [0.4, 0.5) is 0 Å². The third-order valence-electron chi connectivity index (χ3n) is 5.91. The molecule has 0 amide bonds. The Morgan fingerprint density at radius 1 is 1.00 bits per heavy atom. The van der Waals surface area contributed by atoms with Gasteiger partial charge in [0.15, 0.2) is 0 Å². The molecule has 0 aliphatic carbocycles. The summed E-state index contributed by atoms with van der Waals surface area (Å²) in [7, 11) is 0. The number of unbranched alkanes of at least 4 members (excludes halogenated alkanes) is 1. The molecule has 0 aromatic heterocycles. The van der Waals surface area contributed by atoms with Crippen LogP contribution in [0.25, 0.3) is 0 Å². The van der Waals surface area contributed by atoms with E-state index in [1.807, 2.05) is 6.92 Å². The number of carbonyl (C=O) groups excluding carboxylic acids is 2. The van der Waals surface area contributed by atoms with Crippen LogP contribution in [0.15, 0.2) is 30.3 Å². The summed E-state index contributed by atoms with van der Waals surface area (Å²) in [4.78, 5) is 34.8. The largest absolute Gasteiger partial charge is 0.396 e.